The van der Waals surface area contributed by atoms with E-state index in [1.54, 1.807) is 6.92 Å². The van der Waals surface area contributed by atoms with E-state index in [-0.39, 0.29) is 59.4 Å². The maximum absolute atomic E-state index is 13.4. The van der Waals surface area contributed by atoms with Gasteiger partial charge in [-0.2, -0.15) is 0 Å². The molecular formula is C25H36Cl2O5. The Hall–Kier alpha value is -0.650. The molecule has 0 heterocycles. The molecule has 0 saturated heterocycles. The predicted molar refractivity (Wildman–Crippen MR) is 123 cm³/mol. The van der Waals surface area contributed by atoms with E-state index < -0.39 is 28.0 Å². The number of hydrogen-bond donors (Lipinski definition) is 1. The van der Waals surface area contributed by atoms with Crippen LogP contribution >= 0.6 is 23.2 Å². The van der Waals surface area contributed by atoms with Gasteiger partial charge in [-0.25, -0.2) is 0 Å². The molecule has 7 heteroatoms. The quantitative estimate of drug-likeness (QED) is 0.460. The SMILES string of the molecule is CCC(=O)O[C@@]1(C(=O)CCl)[C@@H](C)C[C@H]2[C@@H]3CC[C@@H]4CC(=O)CC[C@]4(C)[C@@]3(Cl)[C@@H](O)C[C@@]21C. The first-order valence-electron chi connectivity index (χ1n) is 12.1. The van der Waals surface area contributed by atoms with Crippen LogP contribution in [0.2, 0.25) is 0 Å². The van der Waals surface area contributed by atoms with Gasteiger partial charge >= 0.3 is 5.97 Å². The Morgan fingerprint density at radius 2 is 1.88 bits per heavy atom. The van der Waals surface area contributed by atoms with Crippen molar-refractivity contribution in [2.75, 3.05) is 5.88 Å². The lowest BCUT2D eigenvalue weighted by atomic mass is 9.43. The Morgan fingerprint density at radius 1 is 1.19 bits per heavy atom. The molecule has 0 aromatic rings. The summed E-state index contributed by atoms with van der Waals surface area (Å²) in [5.41, 5.74) is -2.46. The largest absolute Gasteiger partial charge is 0.450 e. The summed E-state index contributed by atoms with van der Waals surface area (Å²) in [5.74, 6) is -0.712. The van der Waals surface area contributed by atoms with Crippen molar-refractivity contribution in [2.24, 2.45) is 34.5 Å². The Balaban J connectivity index is 1.81. The summed E-state index contributed by atoms with van der Waals surface area (Å²) in [6.45, 7) is 7.83. The van der Waals surface area contributed by atoms with Gasteiger partial charge in [-0.15, -0.1) is 23.2 Å². The molecule has 0 aliphatic heterocycles. The molecule has 0 amide bonds. The van der Waals surface area contributed by atoms with E-state index in [1.807, 2.05) is 13.8 Å². The van der Waals surface area contributed by atoms with Crippen LogP contribution in [0, 0.1) is 34.5 Å². The van der Waals surface area contributed by atoms with Crippen LogP contribution in [-0.2, 0) is 19.1 Å². The van der Waals surface area contributed by atoms with E-state index in [0.717, 1.165) is 12.8 Å². The van der Waals surface area contributed by atoms with Crippen LogP contribution in [0.3, 0.4) is 0 Å². The second kappa shape index (κ2) is 7.95. The topological polar surface area (TPSA) is 80.7 Å². The number of fused-ring (bicyclic) bond motifs is 5. The Bertz CT molecular complexity index is 831. The average Bonchev–Trinajstić information content (AvgIpc) is 2.96. The zero-order valence-corrected chi connectivity index (χ0v) is 21.1. The molecule has 180 valence electrons. The van der Waals surface area contributed by atoms with Crippen molar-refractivity contribution in [1.29, 1.82) is 0 Å². The molecule has 1 N–H and O–H groups in total. The van der Waals surface area contributed by atoms with Gasteiger partial charge in [-0.3, -0.25) is 14.4 Å². The number of ketones is 2. The lowest BCUT2D eigenvalue weighted by molar-refractivity contribution is -0.207. The minimum absolute atomic E-state index is 0.0191. The third-order valence-corrected chi connectivity index (χ3v) is 11.4. The minimum Gasteiger partial charge on any atom is -0.450 e. The zero-order valence-electron chi connectivity index (χ0n) is 19.6. The summed E-state index contributed by atoms with van der Waals surface area (Å²) < 4.78 is 6.02. The molecule has 4 aliphatic rings. The van der Waals surface area contributed by atoms with Crippen LogP contribution in [0.25, 0.3) is 0 Å². The molecule has 9 atom stereocenters. The van der Waals surface area contributed by atoms with E-state index in [0.29, 0.717) is 25.7 Å². The maximum Gasteiger partial charge on any atom is 0.306 e. The first kappa shape index (κ1) is 24.5. The van der Waals surface area contributed by atoms with Crippen LogP contribution in [0.15, 0.2) is 0 Å². The molecule has 0 unspecified atom stereocenters. The van der Waals surface area contributed by atoms with E-state index >= 15 is 0 Å². The number of hydrogen-bond acceptors (Lipinski definition) is 5. The number of aliphatic hydroxyl groups excluding tert-OH is 1. The molecule has 4 aliphatic carbocycles. The third-order valence-electron chi connectivity index (χ3n) is 10.2. The molecule has 5 nitrogen and oxygen atoms in total. The van der Waals surface area contributed by atoms with Gasteiger partial charge in [0.25, 0.3) is 0 Å². The molecule has 0 bridgehead atoms. The number of alkyl halides is 2. The molecule has 4 saturated carbocycles. The van der Waals surface area contributed by atoms with Crippen molar-refractivity contribution < 1.29 is 24.2 Å². The fourth-order valence-corrected chi connectivity index (χ4v) is 9.38. The van der Waals surface area contributed by atoms with Crippen molar-refractivity contribution in [3.63, 3.8) is 0 Å². The number of rotatable bonds is 4. The van der Waals surface area contributed by atoms with Gasteiger partial charge in [0, 0.05) is 30.6 Å². The Morgan fingerprint density at radius 3 is 2.50 bits per heavy atom. The molecule has 32 heavy (non-hydrogen) atoms. The van der Waals surface area contributed by atoms with E-state index in [4.69, 9.17) is 27.9 Å². The number of carbonyl (C=O) groups is 3. The molecule has 0 radical (unpaired) electrons. The smallest absolute Gasteiger partial charge is 0.306 e. The molecule has 4 rings (SSSR count). The lowest BCUT2D eigenvalue weighted by Gasteiger charge is -2.66. The van der Waals surface area contributed by atoms with Crippen LogP contribution < -0.4 is 0 Å². The normalized spacial score (nSPS) is 50.2. The van der Waals surface area contributed by atoms with Gasteiger partial charge in [0.2, 0.25) is 0 Å². The molecule has 4 fully saturated rings. The summed E-state index contributed by atoms with van der Waals surface area (Å²) in [7, 11) is 0. The Kier molecular flexibility index (Phi) is 6.08. The third kappa shape index (κ3) is 2.89. The second-order valence-corrected chi connectivity index (χ2v) is 12.2. The standard InChI is InChI=1S/C25H36Cl2O5/c1-5-21(31)32-25(20(30)13-26)14(2)10-18-17-7-6-15-11-16(28)8-9-22(15,3)24(17,27)19(29)12-23(18,25)4/h14-15,17-19,29H,5-13H2,1-4H3/t14-,15+,17-,18-,19-,22-,23-,24-,25+/m0/s1. The van der Waals surface area contributed by atoms with Crippen molar-refractivity contribution in [3.05, 3.63) is 0 Å². The van der Waals surface area contributed by atoms with Crippen LogP contribution in [0.4, 0.5) is 0 Å². The number of halogens is 2. The van der Waals surface area contributed by atoms with Gasteiger partial charge in [-0.05, 0) is 55.3 Å². The summed E-state index contributed by atoms with van der Waals surface area (Å²) >= 11 is 13.6. The van der Waals surface area contributed by atoms with Gasteiger partial charge < -0.3 is 9.84 Å². The van der Waals surface area contributed by atoms with Crippen molar-refractivity contribution in [2.45, 2.75) is 95.6 Å². The van der Waals surface area contributed by atoms with Crippen molar-refractivity contribution in [1.82, 2.24) is 0 Å². The first-order chi connectivity index (χ1) is 14.9. The number of esters is 1. The molecule has 0 aromatic carbocycles. The van der Waals surface area contributed by atoms with Gasteiger partial charge in [-0.1, -0.05) is 27.7 Å². The molecule has 0 aromatic heterocycles. The fraction of sp³-hybridized carbons (Fsp3) is 0.880. The average molecular weight is 487 g/mol. The highest BCUT2D eigenvalue weighted by atomic mass is 35.5. The van der Waals surface area contributed by atoms with Gasteiger partial charge in [0.15, 0.2) is 11.4 Å². The highest BCUT2D eigenvalue weighted by molar-refractivity contribution is 6.29. The lowest BCUT2D eigenvalue weighted by Crippen LogP contribution is -2.71. The number of Topliss-reactive ketones (excluding diaryl/α,β-unsaturated/α-hetero) is 2. The summed E-state index contributed by atoms with van der Waals surface area (Å²) in [6, 6.07) is 0. The van der Waals surface area contributed by atoms with Crippen LogP contribution in [0.1, 0.15) is 79.1 Å². The van der Waals surface area contributed by atoms with Crippen LogP contribution in [-0.4, -0.2) is 45.1 Å². The minimum atomic E-state index is -1.36. The van der Waals surface area contributed by atoms with Crippen molar-refractivity contribution in [3.8, 4) is 0 Å². The number of carbonyl (C=O) groups excluding carboxylic acids is 3. The predicted octanol–water partition coefficient (Wildman–Crippen LogP) is 4.68. The van der Waals surface area contributed by atoms with Crippen molar-refractivity contribution >= 4 is 40.7 Å². The van der Waals surface area contributed by atoms with E-state index in [9.17, 15) is 19.5 Å². The maximum atomic E-state index is 13.4. The summed E-state index contributed by atoms with van der Waals surface area (Å²) in [5, 5.41) is 11.7. The van der Waals surface area contributed by atoms with E-state index in [1.165, 1.54) is 0 Å². The molecular weight excluding hydrogens is 451 g/mol. The van der Waals surface area contributed by atoms with E-state index in [2.05, 4.69) is 6.92 Å². The Labute approximate surface area is 200 Å². The van der Waals surface area contributed by atoms with Crippen LogP contribution in [0.5, 0.6) is 0 Å². The molecule has 0 spiro atoms. The first-order valence-corrected chi connectivity index (χ1v) is 13.0. The summed E-state index contributed by atoms with van der Waals surface area (Å²) in [6.07, 6.45) is 3.68. The fourth-order valence-electron chi connectivity index (χ4n) is 8.59. The highest BCUT2D eigenvalue weighted by Crippen LogP contribution is 2.73. The summed E-state index contributed by atoms with van der Waals surface area (Å²) in [4.78, 5) is 37.2. The van der Waals surface area contributed by atoms with Gasteiger partial charge in [0.1, 0.15) is 5.78 Å². The number of ether oxygens (including phenoxy) is 1. The second-order valence-electron chi connectivity index (χ2n) is 11.3. The zero-order chi connectivity index (χ0) is 23.7. The van der Waals surface area contributed by atoms with Gasteiger partial charge in [0.05, 0.1) is 16.9 Å². The highest BCUT2D eigenvalue weighted by Gasteiger charge is 2.76. The monoisotopic (exact) mass is 486 g/mol. The number of aliphatic hydroxyl groups is 1.